The molecule has 3 aromatic rings. The zero-order valence-corrected chi connectivity index (χ0v) is 34.2. The van der Waals surface area contributed by atoms with Crippen molar-refractivity contribution in [1.82, 2.24) is 4.90 Å². The van der Waals surface area contributed by atoms with Crippen molar-refractivity contribution in [2.24, 2.45) is 22.9 Å². The zero-order chi connectivity index (χ0) is 42.8. The molecule has 6 rings (SSSR count). The molecule has 15 heteroatoms. The molecule has 320 valence electrons. The average Bonchev–Trinajstić information content (AvgIpc) is 3.26. The number of likely N-dealkylation sites (N-methyl/N-ethyl adjacent to an activating group) is 1. The fourth-order valence-corrected chi connectivity index (χ4v) is 8.87. The third-order valence-electron chi connectivity index (χ3n) is 11.5. The fraction of sp³-hybridized carbons (Fsp3) is 0.444. The first kappa shape index (κ1) is 43.8. The maximum Gasteiger partial charge on any atom is 0.415 e. The summed E-state index contributed by atoms with van der Waals surface area (Å²) in [5.41, 5.74) is 2.51. The Labute approximate surface area is 349 Å². The number of hydrogen-bond acceptors (Lipinski definition) is 13. The number of rotatable bonds is 20. The van der Waals surface area contributed by atoms with Gasteiger partial charge in [0.05, 0.1) is 35.8 Å². The van der Waals surface area contributed by atoms with Crippen molar-refractivity contribution in [2.75, 3.05) is 40.6 Å². The van der Waals surface area contributed by atoms with Crippen molar-refractivity contribution in [3.8, 4) is 28.7 Å². The highest BCUT2D eigenvalue weighted by Crippen LogP contribution is 2.62. The largest absolute Gasteiger partial charge is 0.496 e. The Morgan fingerprint density at radius 2 is 1.73 bits per heavy atom. The van der Waals surface area contributed by atoms with Crippen LogP contribution in [0.2, 0.25) is 0 Å². The molecule has 60 heavy (non-hydrogen) atoms. The van der Waals surface area contributed by atoms with Crippen molar-refractivity contribution >= 4 is 23.8 Å². The normalized spacial score (nSPS) is 23.2. The van der Waals surface area contributed by atoms with Crippen molar-refractivity contribution in [3.05, 3.63) is 106 Å². The van der Waals surface area contributed by atoms with Gasteiger partial charge in [-0.25, -0.2) is 4.79 Å². The van der Waals surface area contributed by atoms with Gasteiger partial charge in [-0.3, -0.25) is 14.9 Å². The molecule has 0 saturated heterocycles. The highest BCUT2D eigenvalue weighted by molar-refractivity contribution is 6.03. The Morgan fingerprint density at radius 1 is 1.03 bits per heavy atom. The fourth-order valence-electron chi connectivity index (χ4n) is 8.87. The van der Waals surface area contributed by atoms with Gasteiger partial charge in [0, 0.05) is 50.3 Å². The predicted molar refractivity (Wildman–Crippen MR) is 222 cm³/mol. The van der Waals surface area contributed by atoms with Crippen LogP contribution in [0.5, 0.6) is 28.7 Å². The minimum atomic E-state index is -1.52. The smallest absolute Gasteiger partial charge is 0.415 e. The van der Waals surface area contributed by atoms with Crippen LogP contribution in [0.25, 0.3) is 0 Å². The monoisotopic (exact) mass is 827 g/mol. The van der Waals surface area contributed by atoms with Crippen molar-refractivity contribution in [3.63, 3.8) is 0 Å². The van der Waals surface area contributed by atoms with E-state index in [4.69, 9.17) is 28.5 Å². The number of non-ortho nitro benzene ring substituents is 1. The summed E-state index contributed by atoms with van der Waals surface area (Å²) in [6, 6.07) is 15.0. The number of carbonyl (C=O) groups excluding carboxylic acids is 2. The molecule has 0 bridgehead atoms. The van der Waals surface area contributed by atoms with Crippen LogP contribution in [0, 0.1) is 27.9 Å². The van der Waals surface area contributed by atoms with E-state index in [1.807, 2.05) is 19.1 Å². The van der Waals surface area contributed by atoms with E-state index in [-0.39, 0.29) is 55.4 Å². The number of amides is 1. The van der Waals surface area contributed by atoms with Gasteiger partial charge in [0.25, 0.3) is 5.69 Å². The lowest BCUT2D eigenvalue weighted by molar-refractivity contribution is -0.384. The Hall–Kier alpha value is -5.77. The Balaban J connectivity index is 1.52. The number of fused-ring (bicyclic) bond motifs is 2. The van der Waals surface area contributed by atoms with Gasteiger partial charge in [-0.15, -0.1) is 6.58 Å². The number of allylic oxidation sites excluding steroid dienone is 1. The summed E-state index contributed by atoms with van der Waals surface area (Å²) in [6.45, 7) is 6.26. The molecule has 15 nitrogen and oxygen atoms in total. The van der Waals surface area contributed by atoms with E-state index in [0.29, 0.717) is 60.0 Å². The number of unbranched alkanes of at least 4 members (excludes halogenated alkanes) is 2. The van der Waals surface area contributed by atoms with Crippen molar-refractivity contribution in [2.45, 2.75) is 69.6 Å². The van der Waals surface area contributed by atoms with E-state index in [2.05, 4.69) is 17.8 Å². The second-order valence-electron chi connectivity index (χ2n) is 15.0. The number of hydrogen-bond donors (Lipinski definition) is 2. The molecule has 6 unspecified atom stereocenters. The third-order valence-corrected chi connectivity index (χ3v) is 11.5. The van der Waals surface area contributed by atoms with Gasteiger partial charge in [-0.1, -0.05) is 30.1 Å². The van der Waals surface area contributed by atoms with Crippen molar-refractivity contribution in [1.29, 1.82) is 0 Å². The molecule has 2 N–H and O–H groups in total. The topological polar surface area (TPSA) is 189 Å². The molecule has 3 aromatic carbocycles. The number of oxime groups is 1. The van der Waals surface area contributed by atoms with E-state index in [9.17, 15) is 29.9 Å². The Kier molecular flexibility index (Phi) is 14.6. The van der Waals surface area contributed by atoms with Gasteiger partial charge in [-0.05, 0) is 98.5 Å². The molecule has 0 spiro atoms. The minimum Gasteiger partial charge on any atom is -0.496 e. The summed E-state index contributed by atoms with van der Waals surface area (Å²) in [7, 11) is 3.09. The van der Waals surface area contributed by atoms with Gasteiger partial charge in [0.1, 0.15) is 41.4 Å². The van der Waals surface area contributed by atoms with Gasteiger partial charge in [0.2, 0.25) is 5.79 Å². The first-order chi connectivity index (χ1) is 29.1. The molecule has 0 radical (unpaired) electrons. The lowest BCUT2D eigenvalue weighted by atomic mass is 9.55. The highest BCUT2D eigenvalue weighted by atomic mass is 16.7. The van der Waals surface area contributed by atoms with Crippen LogP contribution >= 0.6 is 0 Å². The number of carbonyl (C=O) groups is 2. The summed E-state index contributed by atoms with van der Waals surface area (Å²) in [5, 5.41) is 35.6. The summed E-state index contributed by atoms with van der Waals surface area (Å²) >= 11 is 0. The highest BCUT2D eigenvalue weighted by Gasteiger charge is 2.65. The lowest BCUT2D eigenvalue weighted by Gasteiger charge is -2.59. The molecule has 3 aliphatic rings. The van der Waals surface area contributed by atoms with E-state index in [1.54, 1.807) is 37.4 Å². The second kappa shape index (κ2) is 20.0. The SMILES string of the molecule is C=CCOC12Oc3ccc(Oc4ccc(OC)c(C=O)c4)cc3C3C(CCCCO)C(CCCCO)C=C(C(=NOCC)CC1N(C)C(=O)Oc1ccc([N+](=O)[O-])cc1)C32. The standard InChI is InChI=1S/C45H53N3O12/c1-5-23-56-45-41(47(3)44(52)59-32-15-13-31(14-16-32)48(53)54)27-38(46-57-6-2)36-25-29(11-7-9-21-49)35(12-8-10-22-50)42(43(36)45)37-26-34(18-20-40(37)60-45)58-33-17-19-39(55-4)30(24-33)28-51/h5,13-20,24-26,28-29,35,41-43,49-50H,1,6-12,21-23,27H2,2-4H3. The number of aliphatic hydroxyl groups is 2. The number of benzene rings is 3. The molecule has 1 fully saturated rings. The van der Waals surface area contributed by atoms with Gasteiger partial charge in [0.15, 0.2) is 6.29 Å². The van der Waals surface area contributed by atoms with Crippen LogP contribution in [0.3, 0.4) is 0 Å². The van der Waals surface area contributed by atoms with Crippen LogP contribution in [-0.4, -0.2) is 90.5 Å². The number of ether oxygens (including phenoxy) is 5. The Morgan fingerprint density at radius 3 is 2.40 bits per heavy atom. The van der Waals surface area contributed by atoms with Gasteiger partial charge >= 0.3 is 6.09 Å². The molecule has 1 heterocycles. The molecule has 2 aliphatic carbocycles. The number of aldehydes is 1. The zero-order valence-electron chi connectivity index (χ0n) is 34.2. The van der Waals surface area contributed by atoms with E-state index in [0.717, 1.165) is 36.8 Å². The molecule has 0 aromatic heterocycles. The van der Waals surface area contributed by atoms with Gasteiger partial charge < -0.3 is 43.6 Å². The number of aliphatic hydroxyl groups excluding tert-OH is 2. The predicted octanol–water partition coefficient (Wildman–Crippen LogP) is 7.99. The lowest BCUT2D eigenvalue weighted by Crippen LogP contribution is -2.69. The van der Waals surface area contributed by atoms with Crippen LogP contribution < -0.4 is 18.9 Å². The summed E-state index contributed by atoms with van der Waals surface area (Å²) < 4.78 is 31.5. The number of nitrogens with zero attached hydrogens (tertiary/aromatic N) is 3. The quantitative estimate of drug-likeness (QED) is 0.0368. The number of methoxy groups -OCH3 is 1. The molecule has 6 atom stereocenters. The van der Waals surface area contributed by atoms with Crippen molar-refractivity contribution < 1.29 is 53.2 Å². The first-order valence-corrected chi connectivity index (χ1v) is 20.3. The molecule has 1 aliphatic heterocycles. The third kappa shape index (κ3) is 9.18. The van der Waals surface area contributed by atoms with E-state index in [1.165, 1.54) is 36.3 Å². The first-order valence-electron chi connectivity index (χ1n) is 20.3. The summed E-state index contributed by atoms with van der Waals surface area (Å²) in [5.74, 6) is -0.419. The van der Waals surface area contributed by atoms with Crippen LogP contribution in [0.1, 0.15) is 73.7 Å². The maximum absolute atomic E-state index is 14.1. The van der Waals surface area contributed by atoms with E-state index < -0.39 is 28.8 Å². The van der Waals surface area contributed by atoms with Crippen LogP contribution in [-0.2, 0) is 9.57 Å². The molecule has 1 amide bonds. The minimum absolute atomic E-state index is 0.0177. The number of nitro benzene ring substituents is 1. The van der Waals surface area contributed by atoms with Gasteiger partial charge in [-0.2, -0.15) is 0 Å². The maximum atomic E-state index is 14.1. The average molecular weight is 828 g/mol. The van der Waals surface area contributed by atoms with Crippen LogP contribution in [0.15, 0.2) is 90.1 Å². The Bertz CT molecular complexity index is 2070. The van der Waals surface area contributed by atoms with Crippen LogP contribution in [0.4, 0.5) is 10.5 Å². The molecular weight excluding hydrogens is 775 g/mol. The second-order valence-corrected chi connectivity index (χ2v) is 15.0. The summed E-state index contributed by atoms with van der Waals surface area (Å²) in [6.07, 6.45) is 8.24. The number of nitro groups is 1. The van der Waals surface area contributed by atoms with E-state index >= 15 is 0 Å². The molecule has 1 saturated carbocycles. The summed E-state index contributed by atoms with van der Waals surface area (Å²) in [4.78, 5) is 43.9. The molecular formula is C45H53N3O12.